The third kappa shape index (κ3) is 8.00. The van der Waals surface area contributed by atoms with Gasteiger partial charge in [-0.2, -0.15) is 0 Å². The zero-order chi connectivity index (χ0) is 31.2. The van der Waals surface area contributed by atoms with Gasteiger partial charge in [-0.25, -0.2) is 4.99 Å². The summed E-state index contributed by atoms with van der Waals surface area (Å²) in [5.74, 6) is 0.119. The van der Waals surface area contributed by atoms with E-state index < -0.39 is 6.04 Å². The number of benzene rings is 1. The first-order valence-electron chi connectivity index (χ1n) is 16.4. The minimum Gasteiger partial charge on any atom is -0.455 e. The van der Waals surface area contributed by atoms with Gasteiger partial charge >= 0.3 is 0 Å². The van der Waals surface area contributed by atoms with Crippen molar-refractivity contribution in [2.24, 2.45) is 10.9 Å². The Balaban J connectivity index is 1.32. The number of amidine groups is 1. The summed E-state index contributed by atoms with van der Waals surface area (Å²) in [5.41, 5.74) is 1.08. The summed E-state index contributed by atoms with van der Waals surface area (Å²) in [4.78, 5) is 38.1. The molecule has 2 aliphatic heterocycles. The van der Waals surface area contributed by atoms with Crippen LogP contribution in [0.15, 0.2) is 52.8 Å². The van der Waals surface area contributed by atoms with Crippen LogP contribution in [0.5, 0.6) is 0 Å². The molecule has 4 atom stereocenters. The summed E-state index contributed by atoms with van der Waals surface area (Å²) in [7, 11) is 0. The number of amides is 2. The van der Waals surface area contributed by atoms with Crippen LogP contribution in [0, 0.1) is 5.92 Å². The first kappa shape index (κ1) is 32.4. The summed E-state index contributed by atoms with van der Waals surface area (Å²) in [6.45, 7) is 12.4. The van der Waals surface area contributed by atoms with E-state index in [9.17, 15) is 9.59 Å². The molecule has 240 valence electrons. The maximum Gasteiger partial charge on any atom is 0.288 e. The highest BCUT2D eigenvalue weighted by Crippen LogP contribution is 2.32. The number of ether oxygens (including phenoxy) is 1. The monoisotopic (exact) mass is 622 g/mol. The molecule has 3 heterocycles. The molecule has 1 saturated heterocycles. The smallest absolute Gasteiger partial charge is 0.288 e. The van der Waals surface area contributed by atoms with E-state index in [1.807, 2.05) is 45.5 Å². The maximum atomic E-state index is 14.4. The minimum absolute atomic E-state index is 0.0275. The molecule has 2 fully saturated rings. The average Bonchev–Trinajstić information content (AvgIpc) is 3.68. The topological polar surface area (TPSA) is 98.3 Å². The van der Waals surface area contributed by atoms with Crippen LogP contribution in [0.3, 0.4) is 0 Å². The van der Waals surface area contributed by atoms with Crippen molar-refractivity contribution in [1.29, 1.82) is 0 Å². The fourth-order valence-electron chi connectivity index (χ4n) is 6.82. The summed E-state index contributed by atoms with van der Waals surface area (Å²) in [6.07, 6.45) is 3.92. The molecular weight excluding hydrogens is 572 g/mol. The van der Waals surface area contributed by atoms with Crippen molar-refractivity contribution in [2.75, 3.05) is 19.6 Å². The van der Waals surface area contributed by atoms with Gasteiger partial charge in [0, 0.05) is 36.1 Å². The van der Waals surface area contributed by atoms with Crippen molar-refractivity contribution in [3.63, 3.8) is 0 Å². The van der Waals surface area contributed by atoms with Gasteiger partial charge in [0.2, 0.25) is 11.8 Å². The predicted molar refractivity (Wildman–Crippen MR) is 176 cm³/mol. The van der Waals surface area contributed by atoms with Gasteiger partial charge < -0.3 is 30.5 Å². The van der Waals surface area contributed by atoms with Crippen LogP contribution in [0.1, 0.15) is 76.8 Å². The second kappa shape index (κ2) is 14.9. The molecule has 3 aliphatic rings. The third-order valence-corrected chi connectivity index (χ3v) is 9.83. The summed E-state index contributed by atoms with van der Waals surface area (Å²) in [5, 5.41) is 12.4. The van der Waals surface area contributed by atoms with E-state index in [1.165, 1.54) is 0 Å². The Morgan fingerprint density at radius 2 is 1.75 bits per heavy atom. The first-order chi connectivity index (χ1) is 21.2. The van der Waals surface area contributed by atoms with Gasteiger partial charge in [0.15, 0.2) is 0 Å². The molecule has 1 aromatic carbocycles. The van der Waals surface area contributed by atoms with Gasteiger partial charge in [-0.05, 0) is 55.5 Å². The number of hydrogen-bond acceptors (Lipinski definition) is 8. The van der Waals surface area contributed by atoms with Gasteiger partial charge in [0.25, 0.3) is 6.02 Å². The highest BCUT2D eigenvalue weighted by atomic mass is 32.1. The number of carbonyl (C=O) groups is 2. The predicted octanol–water partition coefficient (Wildman–Crippen LogP) is 4.32. The van der Waals surface area contributed by atoms with Crippen LogP contribution < -0.4 is 16.0 Å². The molecule has 9 nitrogen and oxygen atoms in total. The molecule has 0 radical (unpaired) electrons. The molecule has 1 saturated carbocycles. The van der Waals surface area contributed by atoms with Crippen LogP contribution in [-0.2, 0) is 20.9 Å². The van der Waals surface area contributed by atoms with E-state index in [-0.39, 0.29) is 42.0 Å². The van der Waals surface area contributed by atoms with Gasteiger partial charge in [0.1, 0.15) is 12.1 Å². The lowest BCUT2D eigenvalue weighted by Gasteiger charge is -2.44. The fraction of sp³-hybridized carbons (Fsp3) is 0.618. The second-order valence-corrected chi connectivity index (χ2v) is 14.2. The number of piperazine rings is 1. The largest absolute Gasteiger partial charge is 0.455 e. The molecule has 2 aromatic rings. The minimum atomic E-state index is -0.649. The van der Waals surface area contributed by atoms with Crippen molar-refractivity contribution < 1.29 is 14.3 Å². The van der Waals surface area contributed by atoms with Crippen LogP contribution in [-0.4, -0.2) is 83.5 Å². The molecule has 1 aromatic heterocycles. The summed E-state index contributed by atoms with van der Waals surface area (Å²) >= 11 is 1.61. The molecule has 10 heteroatoms. The summed E-state index contributed by atoms with van der Waals surface area (Å²) < 4.78 is 6.40. The van der Waals surface area contributed by atoms with E-state index in [0.717, 1.165) is 36.1 Å². The number of nitrogens with one attached hydrogen (secondary N) is 3. The zero-order valence-corrected chi connectivity index (χ0v) is 27.7. The van der Waals surface area contributed by atoms with Gasteiger partial charge in [-0.1, -0.05) is 64.1 Å². The first-order valence-corrected chi connectivity index (χ1v) is 17.2. The molecular formula is C34H50N6O3S. The lowest BCUT2D eigenvalue weighted by Crippen LogP contribution is -2.65. The Hall–Kier alpha value is -2.95. The highest BCUT2D eigenvalue weighted by Gasteiger charge is 2.43. The van der Waals surface area contributed by atoms with E-state index in [1.54, 1.807) is 11.3 Å². The molecule has 1 aliphatic carbocycles. The second-order valence-electron chi connectivity index (χ2n) is 13.1. The van der Waals surface area contributed by atoms with E-state index in [2.05, 4.69) is 62.7 Å². The van der Waals surface area contributed by atoms with Gasteiger partial charge in [-0.15, -0.1) is 11.3 Å². The number of nitrogens with zero attached hydrogens (tertiary/aromatic N) is 3. The third-order valence-electron chi connectivity index (χ3n) is 8.96. The number of aliphatic imine (C=N–C) groups is 1. The molecule has 0 spiro atoms. The molecule has 5 rings (SSSR count). The number of carbonyl (C=O) groups excluding carboxylic acids is 2. The lowest BCUT2D eigenvalue weighted by atomic mass is 9.80. The Bertz CT molecular complexity index is 1240. The molecule has 2 unspecified atom stereocenters. The SMILES string of the molecule is CC(C)NC1CCC(C(NC(C)C)C(=O)N2CCN(C3=N[C@@H](C)[C@H](c4ccccc4)O3)CC2C(=O)NCc2cccs2)CC1. The molecule has 0 bridgehead atoms. The number of rotatable bonds is 10. The lowest BCUT2D eigenvalue weighted by molar-refractivity contribution is -0.146. The van der Waals surface area contributed by atoms with Gasteiger partial charge in [0.05, 0.1) is 25.2 Å². The van der Waals surface area contributed by atoms with Crippen LogP contribution in [0.25, 0.3) is 0 Å². The van der Waals surface area contributed by atoms with E-state index in [4.69, 9.17) is 9.73 Å². The zero-order valence-electron chi connectivity index (χ0n) is 26.9. The Morgan fingerprint density at radius 3 is 2.41 bits per heavy atom. The van der Waals surface area contributed by atoms with Crippen molar-refractivity contribution in [3.05, 3.63) is 58.3 Å². The van der Waals surface area contributed by atoms with Gasteiger partial charge in [-0.3, -0.25) is 9.59 Å². The average molecular weight is 623 g/mol. The van der Waals surface area contributed by atoms with Crippen molar-refractivity contribution >= 4 is 29.2 Å². The molecule has 44 heavy (non-hydrogen) atoms. The standard InChI is InChI=1S/C34H50N6O3S/c1-22(2)36-27-15-13-25(14-16-27)30(37-23(3)4)33(42)40-18-17-39(21-29(40)32(41)35-20-28-12-9-19-44-28)34-38-24(5)31(43-34)26-10-7-6-8-11-26/h6-12,19,22-25,27,29-31,36-37H,13-18,20-21H2,1-5H3,(H,35,41)/t24-,25?,27?,29?,30?,31+/m0/s1. The molecule has 2 amide bonds. The maximum absolute atomic E-state index is 14.4. The Kier molecular flexibility index (Phi) is 11.0. The quantitative estimate of drug-likeness (QED) is 0.365. The molecule has 3 N–H and O–H groups in total. The van der Waals surface area contributed by atoms with E-state index in [0.29, 0.717) is 44.3 Å². The summed E-state index contributed by atoms with van der Waals surface area (Å²) in [6, 6.07) is 14.8. The normalized spacial score (nSPS) is 26.4. The Labute approximate surface area is 266 Å². The van der Waals surface area contributed by atoms with Crippen molar-refractivity contribution in [3.8, 4) is 0 Å². The highest BCUT2D eigenvalue weighted by molar-refractivity contribution is 7.09. The number of hydrogen-bond donors (Lipinski definition) is 3. The van der Waals surface area contributed by atoms with Crippen molar-refractivity contribution in [1.82, 2.24) is 25.8 Å². The van der Waals surface area contributed by atoms with Crippen LogP contribution >= 0.6 is 11.3 Å². The van der Waals surface area contributed by atoms with E-state index >= 15 is 0 Å². The van der Waals surface area contributed by atoms with Crippen LogP contribution in [0.2, 0.25) is 0 Å². The number of thiophene rings is 1. The van der Waals surface area contributed by atoms with Crippen molar-refractivity contribution in [2.45, 2.75) is 109 Å². The van der Waals surface area contributed by atoms with Crippen LogP contribution in [0.4, 0.5) is 0 Å². The Morgan fingerprint density at radius 1 is 1.00 bits per heavy atom. The fourth-order valence-corrected chi connectivity index (χ4v) is 7.46.